The van der Waals surface area contributed by atoms with E-state index < -0.39 is 22.8 Å². The van der Waals surface area contributed by atoms with E-state index in [1.165, 1.54) is 6.92 Å². The normalized spacial score (nSPS) is 10.6. The highest BCUT2D eigenvalue weighted by molar-refractivity contribution is 6.03. The van der Waals surface area contributed by atoms with Gasteiger partial charge in [-0.3, -0.25) is 14.4 Å². The van der Waals surface area contributed by atoms with E-state index in [-0.39, 0.29) is 12.3 Å². The summed E-state index contributed by atoms with van der Waals surface area (Å²) >= 11 is 0. The Morgan fingerprint density at radius 2 is 2.00 bits per heavy atom. The third-order valence-electron chi connectivity index (χ3n) is 3.46. The van der Waals surface area contributed by atoms with Gasteiger partial charge in [-0.1, -0.05) is 25.5 Å². The van der Waals surface area contributed by atoms with Crippen LogP contribution in [0.4, 0.5) is 0 Å². The fourth-order valence-electron chi connectivity index (χ4n) is 2.22. The number of ketones is 1. The zero-order valence-corrected chi connectivity index (χ0v) is 13.7. The van der Waals surface area contributed by atoms with Gasteiger partial charge >= 0.3 is 0 Å². The first kappa shape index (κ1) is 17.5. The molecule has 0 aliphatic carbocycles. The number of hydrogen-bond acceptors (Lipinski definition) is 5. The summed E-state index contributed by atoms with van der Waals surface area (Å²) in [5.41, 5.74) is -0.825. The lowest BCUT2D eigenvalue weighted by atomic mass is 10.1. The van der Waals surface area contributed by atoms with Crippen LogP contribution in [0, 0.1) is 0 Å². The Morgan fingerprint density at radius 1 is 1.29 bits per heavy atom. The minimum atomic E-state index is -0.814. The summed E-state index contributed by atoms with van der Waals surface area (Å²) in [6, 6.07) is 6.60. The molecule has 0 atom stereocenters. The Bertz CT molecular complexity index is 826. The van der Waals surface area contributed by atoms with Crippen molar-refractivity contribution in [2.24, 2.45) is 0 Å². The van der Waals surface area contributed by atoms with E-state index in [1.807, 2.05) is 6.92 Å². The van der Waals surface area contributed by atoms with Gasteiger partial charge in [-0.05, 0) is 25.5 Å². The maximum absolute atomic E-state index is 12.6. The van der Waals surface area contributed by atoms with E-state index >= 15 is 0 Å². The lowest BCUT2D eigenvalue weighted by Crippen LogP contribution is -2.37. The molecule has 0 spiro atoms. The van der Waals surface area contributed by atoms with E-state index in [2.05, 4.69) is 5.32 Å². The van der Waals surface area contributed by atoms with Crippen LogP contribution in [-0.4, -0.2) is 34.7 Å². The zero-order valence-electron chi connectivity index (χ0n) is 13.7. The molecule has 1 heterocycles. The van der Waals surface area contributed by atoms with Gasteiger partial charge in [0, 0.05) is 5.39 Å². The topological polar surface area (TPSA) is 97.6 Å². The van der Waals surface area contributed by atoms with Crippen LogP contribution in [0.1, 0.15) is 37.0 Å². The zero-order chi connectivity index (χ0) is 17.7. The van der Waals surface area contributed by atoms with Crippen LogP contribution < -0.4 is 15.7 Å². The molecular formula is C17H20N2O5. The number of benzene rings is 1. The quantitative estimate of drug-likeness (QED) is 0.744. The van der Waals surface area contributed by atoms with Crippen molar-refractivity contribution >= 4 is 22.6 Å². The number of fused-ring (bicyclic) bond motifs is 1. The number of rotatable bonds is 7. The summed E-state index contributed by atoms with van der Waals surface area (Å²) in [6.07, 6.45) is 1.63. The van der Waals surface area contributed by atoms with E-state index in [1.54, 1.807) is 24.3 Å². The van der Waals surface area contributed by atoms with Gasteiger partial charge in [0.05, 0.1) is 12.1 Å². The second-order valence-electron chi connectivity index (χ2n) is 5.41. The second kappa shape index (κ2) is 7.63. The number of unbranched alkanes of at least 4 members (excludes halogenated alkanes) is 1. The monoisotopic (exact) mass is 332 g/mol. The van der Waals surface area contributed by atoms with Crippen LogP contribution in [-0.2, 0) is 4.79 Å². The number of hydrogen-bond donors (Lipinski definition) is 2. The molecule has 0 saturated heterocycles. The first-order valence-electron chi connectivity index (χ1n) is 7.75. The van der Waals surface area contributed by atoms with Crippen molar-refractivity contribution in [1.82, 2.24) is 10.0 Å². The molecule has 0 fully saturated rings. The van der Waals surface area contributed by atoms with Gasteiger partial charge in [-0.25, -0.2) is 0 Å². The van der Waals surface area contributed by atoms with Crippen LogP contribution in [0.15, 0.2) is 29.1 Å². The number of carbonyl (C=O) groups is 2. The fourth-order valence-corrected chi connectivity index (χ4v) is 2.22. The summed E-state index contributed by atoms with van der Waals surface area (Å²) in [4.78, 5) is 41.4. The molecule has 1 aromatic heterocycles. The molecule has 7 nitrogen and oxygen atoms in total. The largest absolute Gasteiger partial charge is 0.506 e. The van der Waals surface area contributed by atoms with Crippen molar-refractivity contribution in [1.29, 1.82) is 0 Å². The van der Waals surface area contributed by atoms with Crippen LogP contribution >= 0.6 is 0 Å². The number of nitrogens with zero attached hydrogens (tertiary/aromatic N) is 1. The second-order valence-corrected chi connectivity index (χ2v) is 5.41. The van der Waals surface area contributed by atoms with Gasteiger partial charge in [0.15, 0.2) is 0 Å². The molecule has 0 unspecified atom stereocenters. The number of nitrogens with one attached hydrogen (secondary N) is 1. The number of pyridine rings is 1. The standard InChI is InChI=1S/C17H20N2O5/c1-3-4-9-24-19-13-8-6-5-7-12(13)15(21)14(17(19)23)16(22)18-10-11(2)20/h5-8,21H,3-4,9-10H2,1-2H3,(H,18,22). The molecule has 7 heteroatoms. The van der Waals surface area contributed by atoms with Gasteiger partial charge < -0.3 is 15.3 Å². The van der Waals surface area contributed by atoms with Crippen molar-refractivity contribution in [3.05, 3.63) is 40.2 Å². The van der Waals surface area contributed by atoms with E-state index in [0.717, 1.165) is 17.6 Å². The maximum atomic E-state index is 12.6. The maximum Gasteiger partial charge on any atom is 0.300 e. The van der Waals surface area contributed by atoms with E-state index in [9.17, 15) is 19.5 Å². The Kier molecular flexibility index (Phi) is 5.57. The average Bonchev–Trinajstić information content (AvgIpc) is 2.56. The predicted molar refractivity (Wildman–Crippen MR) is 89.2 cm³/mol. The number of para-hydroxylation sites is 1. The number of Topliss-reactive ketones (excluding diaryl/α,β-unsaturated/α-hetero) is 1. The lowest BCUT2D eigenvalue weighted by Gasteiger charge is -2.15. The van der Waals surface area contributed by atoms with Crippen molar-refractivity contribution in [3.8, 4) is 5.75 Å². The SMILES string of the molecule is CCCCOn1c(=O)c(C(=O)NCC(C)=O)c(O)c2ccccc21. The molecule has 128 valence electrons. The molecule has 24 heavy (non-hydrogen) atoms. The summed E-state index contributed by atoms with van der Waals surface area (Å²) in [5, 5.41) is 13.0. The van der Waals surface area contributed by atoms with Crippen LogP contribution in [0.25, 0.3) is 10.9 Å². The number of aromatic hydroxyl groups is 1. The first-order valence-corrected chi connectivity index (χ1v) is 7.75. The molecule has 2 N–H and O–H groups in total. The third-order valence-corrected chi connectivity index (χ3v) is 3.46. The van der Waals surface area contributed by atoms with Crippen molar-refractivity contribution in [2.45, 2.75) is 26.7 Å². The van der Waals surface area contributed by atoms with Crippen molar-refractivity contribution in [3.63, 3.8) is 0 Å². The average molecular weight is 332 g/mol. The molecule has 0 saturated carbocycles. The lowest BCUT2D eigenvalue weighted by molar-refractivity contribution is -0.116. The molecular weight excluding hydrogens is 312 g/mol. The van der Waals surface area contributed by atoms with Crippen LogP contribution in [0.3, 0.4) is 0 Å². The molecule has 1 amide bonds. The Morgan fingerprint density at radius 3 is 2.67 bits per heavy atom. The molecule has 2 aromatic rings. The summed E-state index contributed by atoms with van der Waals surface area (Å²) in [5.74, 6) is -1.50. The van der Waals surface area contributed by atoms with Crippen LogP contribution in [0.5, 0.6) is 5.75 Å². The van der Waals surface area contributed by atoms with Gasteiger partial charge in [0.1, 0.15) is 23.7 Å². The highest BCUT2D eigenvalue weighted by Crippen LogP contribution is 2.25. The molecule has 1 aromatic carbocycles. The number of aromatic nitrogens is 1. The van der Waals surface area contributed by atoms with Crippen LogP contribution in [0.2, 0.25) is 0 Å². The fraction of sp³-hybridized carbons (Fsp3) is 0.353. The molecule has 2 rings (SSSR count). The van der Waals surface area contributed by atoms with E-state index in [0.29, 0.717) is 17.5 Å². The number of carbonyl (C=O) groups excluding carboxylic acids is 2. The molecule has 0 bridgehead atoms. The van der Waals surface area contributed by atoms with E-state index in [4.69, 9.17) is 4.84 Å². The van der Waals surface area contributed by atoms with Crippen molar-refractivity contribution < 1.29 is 19.5 Å². The van der Waals surface area contributed by atoms with Gasteiger partial charge in [-0.2, -0.15) is 0 Å². The van der Waals surface area contributed by atoms with Crippen molar-refractivity contribution in [2.75, 3.05) is 13.2 Å². The predicted octanol–water partition coefficient (Wildman–Crippen LogP) is 1.25. The minimum Gasteiger partial charge on any atom is -0.506 e. The highest BCUT2D eigenvalue weighted by Gasteiger charge is 2.22. The molecule has 0 aliphatic heterocycles. The highest BCUT2D eigenvalue weighted by atomic mass is 16.7. The Hall–Kier alpha value is -2.83. The number of amides is 1. The third kappa shape index (κ3) is 3.56. The Balaban J connectivity index is 2.56. The summed E-state index contributed by atoms with van der Waals surface area (Å²) in [7, 11) is 0. The smallest absolute Gasteiger partial charge is 0.300 e. The van der Waals surface area contributed by atoms with Gasteiger partial charge in [-0.15, -0.1) is 4.73 Å². The van der Waals surface area contributed by atoms with Gasteiger partial charge in [0.2, 0.25) is 0 Å². The molecule has 0 radical (unpaired) electrons. The Labute approximate surface area is 138 Å². The summed E-state index contributed by atoms with van der Waals surface area (Å²) in [6.45, 7) is 3.38. The first-order chi connectivity index (χ1) is 11.5. The minimum absolute atomic E-state index is 0.221. The summed E-state index contributed by atoms with van der Waals surface area (Å²) < 4.78 is 1.02. The van der Waals surface area contributed by atoms with Gasteiger partial charge in [0.25, 0.3) is 11.5 Å². The molecule has 0 aliphatic rings.